The molecule has 1 saturated heterocycles. The zero-order valence-corrected chi connectivity index (χ0v) is 20.7. The van der Waals surface area contributed by atoms with Crippen LogP contribution < -0.4 is 9.47 Å². The van der Waals surface area contributed by atoms with Gasteiger partial charge < -0.3 is 44.1 Å². The van der Waals surface area contributed by atoms with Gasteiger partial charge in [-0.25, -0.2) is 9.18 Å². The molecule has 0 spiro atoms. The molecule has 0 radical (unpaired) electrons. The molecule has 1 saturated carbocycles. The van der Waals surface area contributed by atoms with Gasteiger partial charge in [0.15, 0.2) is 6.10 Å². The van der Waals surface area contributed by atoms with Crippen molar-refractivity contribution in [2.75, 3.05) is 20.8 Å². The lowest BCUT2D eigenvalue weighted by atomic mass is 9.93. The van der Waals surface area contributed by atoms with Gasteiger partial charge in [0.2, 0.25) is 5.88 Å². The Labute approximate surface area is 212 Å². The minimum Gasteiger partial charge on any atom is -0.497 e. The van der Waals surface area contributed by atoms with Crippen molar-refractivity contribution in [1.82, 2.24) is 9.78 Å². The number of aliphatic hydroxyl groups is 4. The summed E-state index contributed by atoms with van der Waals surface area (Å²) in [5.41, 5.74) is 1.39. The molecule has 1 aromatic heterocycles. The maximum absolute atomic E-state index is 14.8. The molecule has 2 aromatic rings. The molecule has 1 aromatic carbocycles. The zero-order valence-electron chi connectivity index (χ0n) is 20.7. The third-order valence-corrected chi connectivity index (χ3v) is 6.81. The molecule has 13 heteroatoms. The lowest BCUT2D eigenvalue weighted by Gasteiger charge is -2.44. The molecule has 4 rings (SSSR count). The number of hydrogen-bond donors (Lipinski definition) is 4. The quantitative estimate of drug-likeness (QED) is 0.286. The smallest absolute Gasteiger partial charge is 0.497 e. The summed E-state index contributed by atoms with van der Waals surface area (Å²) >= 11 is 0. The van der Waals surface area contributed by atoms with Gasteiger partial charge in [-0.1, -0.05) is 6.07 Å². The number of halogens is 1. The highest BCUT2D eigenvalue weighted by molar-refractivity contribution is 5.59. The standard InChI is InChI=1S/C24H31FN2O10/c1-12-16(9-13-7-8-15(33-2)10-17(13)25)22(26-27(12)14-5-4-6-14)37-24(32)21(30)20(29)19(28)18(36-24)11-35-23(31)34-3/h7-8,10,14,18-21,28-30,32H,4-6,9,11H2,1-3H3/t18-,19-,20+,21-,24+/m1/s1. The van der Waals surface area contributed by atoms with Crippen molar-refractivity contribution < 1.29 is 53.3 Å². The fourth-order valence-electron chi connectivity index (χ4n) is 4.33. The van der Waals surface area contributed by atoms with Crippen LogP contribution in [0.15, 0.2) is 18.2 Å². The van der Waals surface area contributed by atoms with E-state index in [0.29, 0.717) is 22.6 Å². The SMILES string of the molecule is COC(=O)OC[C@H]1O[C@](O)(Oc2nn(C3CCC3)c(C)c2Cc2ccc(OC)cc2F)[C@H](O)[C@@H](O)[C@@H]1O. The predicted octanol–water partition coefficient (Wildman–Crippen LogP) is 0.944. The van der Waals surface area contributed by atoms with Crippen LogP contribution in [0.4, 0.5) is 9.18 Å². The summed E-state index contributed by atoms with van der Waals surface area (Å²) in [6.45, 7) is 1.16. The number of benzene rings is 1. The zero-order chi connectivity index (χ0) is 26.9. The van der Waals surface area contributed by atoms with E-state index in [4.69, 9.17) is 18.9 Å². The first-order valence-corrected chi connectivity index (χ1v) is 11.8. The molecule has 2 aliphatic rings. The Morgan fingerprint density at radius 2 is 1.97 bits per heavy atom. The highest BCUT2D eigenvalue weighted by Gasteiger charge is 2.56. The number of carbonyl (C=O) groups is 1. The summed E-state index contributed by atoms with van der Waals surface area (Å²) in [4.78, 5) is 11.3. The second kappa shape index (κ2) is 10.8. The minimum atomic E-state index is -2.89. The Morgan fingerprint density at radius 1 is 1.24 bits per heavy atom. The van der Waals surface area contributed by atoms with E-state index < -0.39 is 49.0 Å². The summed E-state index contributed by atoms with van der Waals surface area (Å²) in [6.07, 6.45) is -5.57. The largest absolute Gasteiger partial charge is 0.508 e. The molecule has 1 aliphatic carbocycles. The van der Waals surface area contributed by atoms with Crippen molar-refractivity contribution in [3.63, 3.8) is 0 Å². The third kappa shape index (κ3) is 5.36. The van der Waals surface area contributed by atoms with Crippen LogP contribution in [0.5, 0.6) is 11.6 Å². The van der Waals surface area contributed by atoms with Crippen molar-refractivity contribution in [2.24, 2.45) is 0 Å². The maximum atomic E-state index is 14.8. The summed E-state index contributed by atoms with van der Waals surface area (Å²) < 4.78 is 41.7. The van der Waals surface area contributed by atoms with Gasteiger partial charge in [-0.2, -0.15) is 0 Å². The number of nitrogens with zero attached hydrogens (tertiary/aromatic N) is 2. The molecule has 1 aliphatic heterocycles. The molecule has 204 valence electrons. The molecule has 5 atom stereocenters. The Hall–Kier alpha value is -2.97. The number of ether oxygens (including phenoxy) is 5. The van der Waals surface area contributed by atoms with Crippen LogP contribution in [0.25, 0.3) is 0 Å². The number of rotatable bonds is 8. The first-order chi connectivity index (χ1) is 17.6. The number of aliphatic hydroxyl groups excluding tert-OH is 3. The van der Waals surface area contributed by atoms with Gasteiger partial charge in [0, 0.05) is 23.7 Å². The van der Waals surface area contributed by atoms with Crippen LogP contribution in [0.1, 0.15) is 42.1 Å². The molecule has 2 fully saturated rings. The van der Waals surface area contributed by atoms with Crippen molar-refractivity contribution in [2.45, 2.75) is 69.0 Å². The van der Waals surface area contributed by atoms with Crippen LogP contribution in [0.3, 0.4) is 0 Å². The van der Waals surface area contributed by atoms with Gasteiger partial charge in [0.25, 0.3) is 0 Å². The lowest BCUT2D eigenvalue weighted by molar-refractivity contribution is -0.423. The van der Waals surface area contributed by atoms with E-state index >= 15 is 0 Å². The normalized spacial score (nSPS) is 27.9. The van der Waals surface area contributed by atoms with E-state index in [2.05, 4.69) is 9.84 Å². The first-order valence-electron chi connectivity index (χ1n) is 11.8. The fourth-order valence-corrected chi connectivity index (χ4v) is 4.33. The number of hydrogen-bond acceptors (Lipinski definition) is 11. The minimum absolute atomic E-state index is 0.0238. The summed E-state index contributed by atoms with van der Waals surface area (Å²) in [5.74, 6) is -3.22. The van der Waals surface area contributed by atoms with Crippen molar-refractivity contribution in [1.29, 1.82) is 0 Å². The Morgan fingerprint density at radius 3 is 2.57 bits per heavy atom. The first kappa shape index (κ1) is 27.1. The second-order valence-electron chi connectivity index (χ2n) is 9.11. The molecule has 12 nitrogen and oxygen atoms in total. The van der Waals surface area contributed by atoms with Crippen molar-refractivity contribution in [3.05, 3.63) is 40.8 Å². The Bertz CT molecular complexity index is 1120. The predicted molar refractivity (Wildman–Crippen MR) is 122 cm³/mol. The molecule has 0 bridgehead atoms. The van der Waals surface area contributed by atoms with E-state index in [1.165, 1.54) is 13.2 Å². The molecule has 2 heterocycles. The molecule has 37 heavy (non-hydrogen) atoms. The van der Waals surface area contributed by atoms with E-state index in [-0.39, 0.29) is 18.3 Å². The van der Waals surface area contributed by atoms with Crippen LogP contribution >= 0.6 is 0 Å². The molecular formula is C24H31FN2O10. The molecule has 4 N–H and O–H groups in total. The third-order valence-electron chi connectivity index (χ3n) is 6.81. The highest BCUT2D eigenvalue weighted by atomic mass is 19.1. The highest BCUT2D eigenvalue weighted by Crippen LogP contribution is 2.38. The van der Waals surface area contributed by atoms with Gasteiger partial charge in [-0.15, -0.1) is 5.10 Å². The fraction of sp³-hybridized carbons (Fsp3) is 0.583. The number of methoxy groups -OCH3 is 2. The van der Waals surface area contributed by atoms with Crippen LogP contribution in [-0.4, -0.2) is 87.6 Å². The average molecular weight is 527 g/mol. The van der Waals surface area contributed by atoms with Crippen LogP contribution in [0, 0.1) is 12.7 Å². The van der Waals surface area contributed by atoms with Gasteiger partial charge >= 0.3 is 12.1 Å². The van der Waals surface area contributed by atoms with Gasteiger partial charge in [-0.05, 0) is 37.8 Å². The summed E-state index contributed by atoms with van der Waals surface area (Å²) in [6, 6.07) is 4.49. The van der Waals surface area contributed by atoms with E-state index in [9.17, 15) is 29.6 Å². The molecule has 0 unspecified atom stereocenters. The summed E-state index contributed by atoms with van der Waals surface area (Å²) in [5, 5.41) is 46.8. The molecular weight excluding hydrogens is 495 g/mol. The van der Waals surface area contributed by atoms with Crippen LogP contribution in [0.2, 0.25) is 0 Å². The topological polar surface area (TPSA) is 162 Å². The van der Waals surface area contributed by atoms with E-state index in [1.807, 2.05) is 0 Å². The van der Waals surface area contributed by atoms with Crippen molar-refractivity contribution in [3.8, 4) is 11.6 Å². The Kier molecular flexibility index (Phi) is 7.90. The number of carbonyl (C=O) groups excluding carboxylic acids is 1. The van der Waals surface area contributed by atoms with Gasteiger partial charge in [0.05, 0.1) is 20.3 Å². The van der Waals surface area contributed by atoms with Gasteiger partial charge in [0.1, 0.15) is 36.5 Å². The second-order valence-corrected chi connectivity index (χ2v) is 9.11. The average Bonchev–Trinajstić information content (AvgIpc) is 3.13. The van der Waals surface area contributed by atoms with Gasteiger partial charge in [-0.3, -0.25) is 4.68 Å². The van der Waals surface area contributed by atoms with Crippen LogP contribution in [-0.2, 0) is 20.6 Å². The summed E-state index contributed by atoms with van der Waals surface area (Å²) in [7, 11) is 2.50. The van der Waals surface area contributed by atoms with Crippen molar-refractivity contribution >= 4 is 6.16 Å². The molecule has 0 amide bonds. The Balaban J connectivity index is 1.65. The van der Waals surface area contributed by atoms with E-state index in [1.54, 1.807) is 23.7 Å². The van der Waals surface area contributed by atoms with E-state index in [0.717, 1.165) is 26.4 Å². The maximum Gasteiger partial charge on any atom is 0.508 e. The monoisotopic (exact) mass is 526 g/mol. The lowest BCUT2D eigenvalue weighted by Crippen LogP contribution is -2.67. The number of aromatic nitrogens is 2.